The van der Waals surface area contributed by atoms with E-state index in [-0.39, 0.29) is 17.4 Å². The highest BCUT2D eigenvalue weighted by Crippen LogP contribution is 2.18. The van der Waals surface area contributed by atoms with Crippen molar-refractivity contribution >= 4 is 17.7 Å². The van der Waals surface area contributed by atoms with E-state index >= 15 is 0 Å². The summed E-state index contributed by atoms with van der Waals surface area (Å²) in [6.07, 6.45) is 0.0746. The Hall–Kier alpha value is -1.56. The summed E-state index contributed by atoms with van der Waals surface area (Å²) in [5.74, 6) is 0. The molecular weight excluding hydrogens is 270 g/mol. The van der Waals surface area contributed by atoms with Gasteiger partial charge in [-0.05, 0) is 32.4 Å². The third-order valence-corrected chi connectivity index (χ3v) is 2.87. The van der Waals surface area contributed by atoms with E-state index in [1.807, 2.05) is 0 Å². The van der Waals surface area contributed by atoms with Crippen molar-refractivity contribution in [1.82, 2.24) is 14.9 Å². The number of fused-ring (bicyclic) bond motifs is 1. The lowest BCUT2D eigenvalue weighted by Crippen LogP contribution is -2.42. The molecule has 0 aliphatic carbocycles. The monoisotopic (exact) mass is 285 g/mol. The first-order chi connectivity index (χ1) is 8.76. The van der Waals surface area contributed by atoms with E-state index in [0.717, 1.165) is 0 Å². The first-order valence-corrected chi connectivity index (χ1v) is 6.39. The van der Waals surface area contributed by atoms with Crippen LogP contribution in [0.5, 0.6) is 0 Å². The van der Waals surface area contributed by atoms with Gasteiger partial charge >= 0.3 is 6.09 Å². The lowest BCUT2D eigenvalue weighted by Gasteiger charge is -2.30. The number of aromatic nitrogens is 2. The average molecular weight is 286 g/mol. The van der Waals surface area contributed by atoms with Crippen LogP contribution in [0.25, 0.3) is 0 Å². The molecule has 2 rings (SSSR count). The van der Waals surface area contributed by atoms with E-state index in [0.29, 0.717) is 24.2 Å². The standard InChI is InChI=1S/C12H16ClN3O3/c1-12(2,3)19-11(18)16-5-4-8-7(6-16)9(17)15-10(13)14-8/h4-6H2,1-3H3,(H,14,15,17). The molecule has 1 aromatic rings. The van der Waals surface area contributed by atoms with Crippen LogP contribution in [0.3, 0.4) is 0 Å². The molecule has 1 aromatic heterocycles. The van der Waals surface area contributed by atoms with Crippen LogP contribution in [0.1, 0.15) is 32.0 Å². The normalized spacial score (nSPS) is 15.1. The predicted octanol–water partition coefficient (Wildman–Crippen LogP) is 1.72. The number of halogens is 1. The van der Waals surface area contributed by atoms with Crippen LogP contribution >= 0.6 is 11.6 Å². The third kappa shape index (κ3) is 3.26. The maximum Gasteiger partial charge on any atom is 0.410 e. The lowest BCUT2D eigenvalue weighted by atomic mass is 10.1. The summed E-state index contributed by atoms with van der Waals surface area (Å²) < 4.78 is 5.28. The van der Waals surface area contributed by atoms with Gasteiger partial charge in [-0.3, -0.25) is 9.78 Å². The van der Waals surface area contributed by atoms with E-state index in [4.69, 9.17) is 16.3 Å². The number of H-pyrrole nitrogens is 1. The fourth-order valence-corrected chi connectivity index (χ4v) is 2.06. The molecule has 0 bridgehead atoms. The zero-order chi connectivity index (χ0) is 14.2. The predicted molar refractivity (Wildman–Crippen MR) is 70.2 cm³/mol. The van der Waals surface area contributed by atoms with Crippen molar-refractivity contribution in [3.8, 4) is 0 Å². The number of carbonyl (C=O) groups is 1. The molecule has 6 nitrogen and oxygen atoms in total. The van der Waals surface area contributed by atoms with Crippen LogP contribution < -0.4 is 5.56 Å². The Labute approximate surface area is 115 Å². The molecule has 0 radical (unpaired) electrons. The molecule has 1 aliphatic rings. The lowest BCUT2D eigenvalue weighted by molar-refractivity contribution is 0.0222. The topological polar surface area (TPSA) is 75.3 Å². The molecule has 0 unspecified atom stereocenters. The Morgan fingerprint density at radius 3 is 2.79 bits per heavy atom. The second kappa shape index (κ2) is 4.85. The van der Waals surface area contributed by atoms with Crippen molar-refractivity contribution in [3.63, 3.8) is 0 Å². The molecule has 7 heteroatoms. The van der Waals surface area contributed by atoms with Gasteiger partial charge in [-0.25, -0.2) is 9.78 Å². The second-order valence-electron chi connectivity index (χ2n) is 5.43. The molecule has 0 saturated carbocycles. The number of ether oxygens (including phenoxy) is 1. The minimum atomic E-state index is -0.554. The van der Waals surface area contributed by atoms with Gasteiger partial charge in [0.2, 0.25) is 5.28 Å². The van der Waals surface area contributed by atoms with Gasteiger partial charge in [0.15, 0.2) is 0 Å². The largest absolute Gasteiger partial charge is 0.444 e. The molecule has 0 spiro atoms. The van der Waals surface area contributed by atoms with E-state index in [9.17, 15) is 9.59 Å². The molecule has 0 atom stereocenters. The zero-order valence-corrected chi connectivity index (χ0v) is 11.9. The van der Waals surface area contributed by atoms with Crippen molar-refractivity contribution in [2.24, 2.45) is 0 Å². The molecule has 0 aromatic carbocycles. The van der Waals surface area contributed by atoms with Crippen LogP contribution in [0.2, 0.25) is 5.28 Å². The minimum Gasteiger partial charge on any atom is -0.444 e. The van der Waals surface area contributed by atoms with Crippen molar-refractivity contribution in [1.29, 1.82) is 0 Å². The van der Waals surface area contributed by atoms with Crippen molar-refractivity contribution in [2.45, 2.75) is 39.3 Å². The molecule has 2 heterocycles. The quantitative estimate of drug-likeness (QED) is 0.737. The highest BCUT2D eigenvalue weighted by atomic mass is 35.5. The van der Waals surface area contributed by atoms with Gasteiger partial charge in [0.25, 0.3) is 5.56 Å². The van der Waals surface area contributed by atoms with Gasteiger partial charge in [0.05, 0.1) is 17.8 Å². The van der Waals surface area contributed by atoms with Crippen LogP contribution in [0.15, 0.2) is 4.79 Å². The number of amides is 1. The number of hydrogen-bond acceptors (Lipinski definition) is 4. The molecule has 19 heavy (non-hydrogen) atoms. The summed E-state index contributed by atoms with van der Waals surface area (Å²) in [5, 5.41) is 0.0782. The Morgan fingerprint density at radius 2 is 2.16 bits per heavy atom. The zero-order valence-electron chi connectivity index (χ0n) is 11.1. The Balaban J connectivity index is 2.19. The van der Waals surface area contributed by atoms with Gasteiger partial charge in [-0.1, -0.05) is 0 Å². The molecule has 0 fully saturated rings. The smallest absolute Gasteiger partial charge is 0.410 e. The van der Waals surface area contributed by atoms with Gasteiger partial charge < -0.3 is 9.64 Å². The number of rotatable bonds is 0. The summed E-state index contributed by atoms with van der Waals surface area (Å²) in [7, 11) is 0. The van der Waals surface area contributed by atoms with E-state index in [2.05, 4.69) is 9.97 Å². The molecule has 0 saturated heterocycles. The summed E-state index contributed by atoms with van der Waals surface area (Å²) in [6, 6.07) is 0. The number of aromatic amines is 1. The maximum absolute atomic E-state index is 11.9. The van der Waals surface area contributed by atoms with Crippen LogP contribution in [0, 0.1) is 0 Å². The Bertz CT molecular complexity index is 562. The third-order valence-electron chi connectivity index (χ3n) is 2.69. The van der Waals surface area contributed by atoms with Crippen LogP contribution in [-0.2, 0) is 17.7 Å². The molecule has 1 N–H and O–H groups in total. The minimum absolute atomic E-state index is 0.0782. The van der Waals surface area contributed by atoms with E-state index in [1.165, 1.54) is 4.90 Å². The summed E-state index contributed by atoms with van der Waals surface area (Å²) in [6.45, 7) is 6.07. The van der Waals surface area contributed by atoms with E-state index < -0.39 is 11.7 Å². The summed E-state index contributed by atoms with van der Waals surface area (Å²) in [4.78, 5) is 31.7. The van der Waals surface area contributed by atoms with Gasteiger partial charge in [0, 0.05) is 13.0 Å². The van der Waals surface area contributed by atoms with Crippen molar-refractivity contribution in [2.75, 3.05) is 6.54 Å². The number of carbonyl (C=O) groups excluding carboxylic acids is 1. The summed E-state index contributed by atoms with van der Waals surface area (Å²) >= 11 is 5.70. The molecular formula is C12H16ClN3O3. The second-order valence-corrected chi connectivity index (χ2v) is 5.79. The maximum atomic E-state index is 11.9. The van der Waals surface area contributed by atoms with Crippen LogP contribution in [-0.4, -0.2) is 33.1 Å². The Kier molecular flexibility index (Phi) is 3.54. The molecule has 104 valence electrons. The Morgan fingerprint density at radius 1 is 1.47 bits per heavy atom. The average Bonchev–Trinajstić information content (AvgIpc) is 2.25. The highest BCUT2D eigenvalue weighted by molar-refractivity contribution is 6.28. The fraction of sp³-hybridized carbons (Fsp3) is 0.583. The highest BCUT2D eigenvalue weighted by Gasteiger charge is 2.27. The van der Waals surface area contributed by atoms with Gasteiger partial charge in [-0.2, -0.15) is 0 Å². The number of nitrogens with zero attached hydrogens (tertiary/aromatic N) is 2. The van der Waals surface area contributed by atoms with E-state index in [1.54, 1.807) is 20.8 Å². The van der Waals surface area contributed by atoms with Crippen molar-refractivity contribution in [3.05, 3.63) is 26.9 Å². The van der Waals surface area contributed by atoms with Gasteiger partial charge in [0.1, 0.15) is 5.60 Å². The van der Waals surface area contributed by atoms with Gasteiger partial charge in [-0.15, -0.1) is 0 Å². The molecule has 1 aliphatic heterocycles. The van der Waals surface area contributed by atoms with Crippen LogP contribution in [0.4, 0.5) is 4.79 Å². The number of nitrogens with one attached hydrogen (secondary N) is 1. The fourth-order valence-electron chi connectivity index (χ4n) is 1.88. The summed E-state index contributed by atoms with van der Waals surface area (Å²) in [5.41, 5.74) is 0.264. The number of hydrogen-bond donors (Lipinski definition) is 1. The first kappa shape index (κ1) is 13.9. The molecule has 1 amide bonds. The SMILES string of the molecule is CC(C)(C)OC(=O)N1CCc2nc(Cl)[nH]c(=O)c2C1. The van der Waals surface area contributed by atoms with Crippen molar-refractivity contribution < 1.29 is 9.53 Å². The first-order valence-electron chi connectivity index (χ1n) is 6.02.